The normalized spacial score (nSPS) is 9.32. The minimum Gasteiger partial charge on any atom is -0.822 e. The van der Waals surface area contributed by atoms with Crippen molar-refractivity contribution in [1.82, 2.24) is 0 Å². The molecule has 0 atom stereocenters. The SMILES string of the molecule is CCCCOC(=O)c1ccccc1C(=O)OCCCC.O=P([O-])([O-])[O-].[Na+].[Na+].[Na+]. The number of ether oxygens (including phenoxy) is 2. The van der Waals surface area contributed by atoms with E-state index < -0.39 is 19.8 Å². The van der Waals surface area contributed by atoms with Gasteiger partial charge in [-0.2, -0.15) is 7.82 Å². The van der Waals surface area contributed by atoms with E-state index >= 15 is 0 Å². The summed E-state index contributed by atoms with van der Waals surface area (Å²) in [7, 11) is -5.39. The van der Waals surface area contributed by atoms with Crippen LogP contribution >= 0.6 is 7.82 Å². The molecule has 1 aromatic carbocycles. The Hall–Kier alpha value is 1.27. The molecule has 0 amide bonds. The van der Waals surface area contributed by atoms with Crippen molar-refractivity contribution in [2.24, 2.45) is 0 Å². The second-order valence-electron chi connectivity index (χ2n) is 4.97. The largest absolute Gasteiger partial charge is 1.00 e. The van der Waals surface area contributed by atoms with E-state index in [1.807, 2.05) is 13.8 Å². The molecular formula is C16H22Na3O8P. The van der Waals surface area contributed by atoms with Gasteiger partial charge in [0.25, 0.3) is 0 Å². The topological polar surface area (TPSA) is 139 Å². The first-order chi connectivity index (χ1) is 11.7. The van der Waals surface area contributed by atoms with Crippen molar-refractivity contribution >= 4 is 19.8 Å². The molecule has 0 saturated heterocycles. The van der Waals surface area contributed by atoms with Crippen LogP contribution in [0.5, 0.6) is 0 Å². The van der Waals surface area contributed by atoms with Crippen LogP contribution < -0.4 is 103 Å². The molecule has 0 fully saturated rings. The van der Waals surface area contributed by atoms with Crippen molar-refractivity contribution in [2.45, 2.75) is 39.5 Å². The van der Waals surface area contributed by atoms with Crippen molar-refractivity contribution in [1.29, 1.82) is 0 Å². The number of rotatable bonds is 8. The van der Waals surface area contributed by atoms with Gasteiger partial charge in [-0.3, -0.25) is 0 Å². The first kappa shape index (κ1) is 36.6. The molecule has 0 aliphatic heterocycles. The van der Waals surface area contributed by atoms with Crippen molar-refractivity contribution < 1.29 is 127 Å². The van der Waals surface area contributed by atoms with E-state index in [2.05, 4.69) is 0 Å². The second-order valence-corrected chi connectivity index (χ2v) is 5.87. The summed E-state index contributed by atoms with van der Waals surface area (Å²) in [6.07, 6.45) is 3.53. The van der Waals surface area contributed by atoms with E-state index in [0.29, 0.717) is 13.2 Å². The van der Waals surface area contributed by atoms with Gasteiger partial charge in [0.05, 0.1) is 24.3 Å². The van der Waals surface area contributed by atoms with Gasteiger partial charge in [0.15, 0.2) is 0 Å². The van der Waals surface area contributed by atoms with E-state index in [1.165, 1.54) is 0 Å². The summed E-state index contributed by atoms with van der Waals surface area (Å²) in [6, 6.07) is 6.59. The van der Waals surface area contributed by atoms with Gasteiger partial charge in [0.1, 0.15) is 0 Å². The van der Waals surface area contributed by atoms with Crippen molar-refractivity contribution in [3.63, 3.8) is 0 Å². The molecule has 0 aromatic heterocycles. The Morgan fingerprint density at radius 2 is 1.11 bits per heavy atom. The number of hydrogen-bond donors (Lipinski definition) is 0. The van der Waals surface area contributed by atoms with Gasteiger partial charge >= 0.3 is 101 Å². The Kier molecular flexibility index (Phi) is 28.1. The average Bonchev–Trinajstić information content (AvgIpc) is 2.53. The van der Waals surface area contributed by atoms with Gasteiger partial charge in [0.2, 0.25) is 0 Å². The van der Waals surface area contributed by atoms with Crippen LogP contribution in [0, 0.1) is 0 Å². The molecule has 0 saturated carbocycles. The fraction of sp³-hybridized carbons (Fsp3) is 0.500. The summed E-state index contributed by atoms with van der Waals surface area (Å²) in [5.41, 5.74) is 0.537. The van der Waals surface area contributed by atoms with Crippen LogP contribution in [-0.4, -0.2) is 25.2 Å². The Morgan fingerprint density at radius 3 is 1.36 bits per heavy atom. The molecule has 1 rings (SSSR count). The van der Waals surface area contributed by atoms with E-state index in [-0.39, 0.29) is 99.8 Å². The van der Waals surface area contributed by atoms with Gasteiger partial charge in [-0.05, 0) is 25.0 Å². The van der Waals surface area contributed by atoms with Gasteiger partial charge in [-0.1, -0.05) is 38.8 Å². The van der Waals surface area contributed by atoms with Crippen molar-refractivity contribution in [3.8, 4) is 0 Å². The second kappa shape index (κ2) is 21.5. The summed E-state index contributed by atoms with van der Waals surface area (Å²) in [5, 5.41) is 0. The monoisotopic (exact) mass is 442 g/mol. The van der Waals surface area contributed by atoms with Crippen molar-refractivity contribution in [2.75, 3.05) is 13.2 Å². The number of carbonyl (C=O) groups is 2. The van der Waals surface area contributed by atoms with Crippen LogP contribution in [0.3, 0.4) is 0 Å². The maximum atomic E-state index is 11.9. The molecule has 0 aliphatic rings. The summed E-state index contributed by atoms with van der Waals surface area (Å²) >= 11 is 0. The van der Waals surface area contributed by atoms with Gasteiger partial charge in [-0.15, -0.1) is 0 Å². The minimum atomic E-state index is -5.39. The third-order valence-electron chi connectivity index (χ3n) is 2.83. The van der Waals surface area contributed by atoms with Crippen LogP contribution in [0.4, 0.5) is 0 Å². The predicted molar refractivity (Wildman–Crippen MR) is 84.4 cm³/mol. The Morgan fingerprint density at radius 1 is 0.821 bits per heavy atom. The van der Waals surface area contributed by atoms with Crippen LogP contribution in [0.15, 0.2) is 24.3 Å². The molecule has 12 heteroatoms. The molecular weight excluding hydrogens is 420 g/mol. The van der Waals surface area contributed by atoms with Gasteiger partial charge < -0.3 is 28.7 Å². The van der Waals surface area contributed by atoms with Gasteiger partial charge in [-0.25, -0.2) is 9.59 Å². The zero-order valence-corrected chi connectivity index (χ0v) is 24.2. The minimum absolute atomic E-state index is 0. The molecule has 0 aliphatic carbocycles. The molecule has 0 heterocycles. The first-order valence-electron chi connectivity index (χ1n) is 7.87. The summed E-state index contributed by atoms with van der Waals surface area (Å²) in [4.78, 5) is 49.5. The Labute approximate surface area is 232 Å². The fourth-order valence-corrected chi connectivity index (χ4v) is 1.61. The van der Waals surface area contributed by atoms with E-state index in [0.717, 1.165) is 25.7 Å². The fourth-order valence-electron chi connectivity index (χ4n) is 1.61. The van der Waals surface area contributed by atoms with Crippen LogP contribution in [0.2, 0.25) is 0 Å². The molecule has 0 N–H and O–H groups in total. The number of benzene rings is 1. The van der Waals surface area contributed by atoms with Crippen LogP contribution in [0.25, 0.3) is 0 Å². The molecule has 1 aromatic rings. The van der Waals surface area contributed by atoms with Crippen molar-refractivity contribution in [3.05, 3.63) is 35.4 Å². The molecule has 0 spiro atoms. The zero-order valence-electron chi connectivity index (χ0n) is 17.3. The molecule has 8 nitrogen and oxygen atoms in total. The summed E-state index contributed by atoms with van der Waals surface area (Å²) < 4.78 is 18.8. The number of phosphoric acid groups is 1. The molecule has 142 valence electrons. The Balaban J connectivity index is -0.000000321. The maximum absolute atomic E-state index is 11.9. The zero-order chi connectivity index (χ0) is 19.3. The van der Waals surface area contributed by atoms with Crippen LogP contribution in [-0.2, 0) is 14.0 Å². The number of unbranched alkanes of at least 4 members (excludes halogenated alkanes) is 2. The molecule has 28 heavy (non-hydrogen) atoms. The molecule has 0 unspecified atom stereocenters. The van der Waals surface area contributed by atoms with E-state index in [9.17, 15) is 9.59 Å². The third-order valence-corrected chi connectivity index (χ3v) is 2.83. The quantitative estimate of drug-likeness (QED) is 0.167. The van der Waals surface area contributed by atoms with Crippen LogP contribution in [0.1, 0.15) is 60.2 Å². The average molecular weight is 442 g/mol. The first-order valence-corrected chi connectivity index (χ1v) is 9.33. The summed E-state index contributed by atoms with van der Waals surface area (Å²) in [5.74, 6) is -0.942. The number of esters is 2. The maximum Gasteiger partial charge on any atom is 1.00 e. The molecule has 0 radical (unpaired) electrons. The predicted octanol–water partition coefficient (Wildman–Crippen LogP) is -8.21. The van der Waals surface area contributed by atoms with E-state index in [1.54, 1.807) is 24.3 Å². The standard InChI is InChI=1S/C16H22O4.3Na.H3O4P/c1-3-5-11-19-15(17)13-9-7-8-10-14(13)16(18)20-12-6-4-2;;;;1-5(2,3)4/h7-10H,3-6,11-12H2,1-2H3;;;;(H3,1,2,3,4)/q;3*+1;/p-3. The summed E-state index contributed by atoms with van der Waals surface area (Å²) in [6.45, 7) is 4.78. The Bertz CT molecular complexity index is 546. The smallest absolute Gasteiger partial charge is 0.822 e. The van der Waals surface area contributed by atoms with Gasteiger partial charge in [0, 0.05) is 0 Å². The van der Waals surface area contributed by atoms with E-state index in [4.69, 9.17) is 28.7 Å². The number of hydrogen-bond acceptors (Lipinski definition) is 8. The number of carbonyl (C=O) groups excluding carboxylic acids is 2. The third kappa shape index (κ3) is 20.5. The molecule has 0 bridgehead atoms.